The van der Waals surface area contributed by atoms with E-state index < -0.39 is 18.0 Å². The first-order valence-corrected chi connectivity index (χ1v) is 9.94. The molecule has 0 unspecified atom stereocenters. The van der Waals surface area contributed by atoms with E-state index in [9.17, 15) is 9.59 Å². The van der Waals surface area contributed by atoms with E-state index in [-0.39, 0.29) is 25.6 Å². The van der Waals surface area contributed by atoms with Crippen LogP contribution in [0.2, 0.25) is 20.1 Å². The lowest BCUT2D eigenvalue weighted by molar-refractivity contribution is -0.123. The van der Waals surface area contributed by atoms with Crippen LogP contribution < -0.4 is 5.32 Å². The second kappa shape index (κ2) is 8.25. The van der Waals surface area contributed by atoms with Crippen LogP contribution in [0.3, 0.4) is 0 Å². The molecule has 3 rings (SSSR count). The number of esters is 1. The number of fused-ring (bicyclic) bond motifs is 1. The number of halogens is 4. The Morgan fingerprint density at radius 2 is 1.70 bits per heavy atom. The molecule has 27 heavy (non-hydrogen) atoms. The Hall–Kier alpha value is -1.50. The van der Waals surface area contributed by atoms with Crippen molar-refractivity contribution < 1.29 is 14.3 Å². The normalized spacial score (nSPS) is 12.0. The van der Waals surface area contributed by atoms with Gasteiger partial charge in [0.25, 0.3) is 5.91 Å². The number of ether oxygens (including phenoxy) is 1. The molecule has 1 heterocycles. The van der Waals surface area contributed by atoms with Crippen LogP contribution in [0.5, 0.6) is 0 Å². The molecule has 4 nitrogen and oxygen atoms in total. The third-order valence-corrected chi connectivity index (χ3v) is 6.33. The van der Waals surface area contributed by atoms with E-state index in [1.807, 2.05) is 24.3 Å². The van der Waals surface area contributed by atoms with Crippen LogP contribution in [0.25, 0.3) is 10.1 Å². The lowest BCUT2D eigenvalue weighted by Crippen LogP contribution is -2.30. The van der Waals surface area contributed by atoms with E-state index in [0.29, 0.717) is 5.02 Å². The maximum absolute atomic E-state index is 12.4. The molecule has 0 bridgehead atoms. The molecule has 1 atom stereocenters. The molecule has 0 aliphatic rings. The van der Waals surface area contributed by atoms with Crippen molar-refractivity contribution in [2.45, 2.75) is 13.0 Å². The Balaban J connectivity index is 1.73. The topological polar surface area (TPSA) is 55.4 Å². The fraction of sp³-hybridized carbons (Fsp3) is 0.111. The van der Waals surface area contributed by atoms with E-state index in [1.54, 1.807) is 0 Å². The van der Waals surface area contributed by atoms with Crippen molar-refractivity contribution in [3.63, 3.8) is 0 Å². The van der Waals surface area contributed by atoms with E-state index in [1.165, 1.54) is 30.4 Å². The van der Waals surface area contributed by atoms with Crippen LogP contribution in [-0.2, 0) is 9.53 Å². The van der Waals surface area contributed by atoms with Crippen molar-refractivity contribution >= 4 is 85.4 Å². The van der Waals surface area contributed by atoms with E-state index >= 15 is 0 Å². The van der Waals surface area contributed by atoms with Crippen LogP contribution in [0, 0.1) is 0 Å². The summed E-state index contributed by atoms with van der Waals surface area (Å²) >= 11 is 25.3. The molecule has 3 aromatic rings. The number of carbonyl (C=O) groups excluding carboxylic acids is 2. The highest BCUT2D eigenvalue weighted by molar-refractivity contribution is 7.21. The second-order valence-corrected chi connectivity index (χ2v) is 8.18. The predicted molar refractivity (Wildman–Crippen MR) is 112 cm³/mol. The van der Waals surface area contributed by atoms with Gasteiger partial charge in [-0.2, -0.15) is 0 Å². The maximum Gasteiger partial charge on any atom is 0.350 e. The van der Waals surface area contributed by atoms with Gasteiger partial charge in [-0.25, -0.2) is 4.79 Å². The number of anilines is 1. The first-order chi connectivity index (χ1) is 12.8. The summed E-state index contributed by atoms with van der Waals surface area (Å²) in [5.41, 5.74) is 0.263. The van der Waals surface area contributed by atoms with Crippen molar-refractivity contribution in [3.05, 3.63) is 61.4 Å². The van der Waals surface area contributed by atoms with Crippen LogP contribution in [0.15, 0.2) is 36.4 Å². The van der Waals surface area contributed by atoms with E-state index in [2.05, 4.69) is 5.32 Å². The quantitative estimate of drug-likeness (QED) is 0.346. The Labute approximate surface area is 178 Å². The molecule has 2 aromatic carbocycles. The summed E-state index contributed by atoms with van der Waals surface area (Å²) in [5, 5.41) is 4.33. The van der Waals surface area contributed by atoms with Gasteiger partial charge in [-0.1, -0.05) is 64.6 Å². The van der Waals surface area contributed by atoms with Gasteiger partial charge in [0.05, 0.1) is 25.8 Å². The van der Waals surface area contributed by atoms with Gasteiger partial charge < -0.3 is 10.1 Å². The Bertz CT molecular complexity index is 1050. The zero-order valence-electron chi connectivity index (χ0n) is 13.7. The largest absolute Gasteiger partial charge is 0.448 e. The molecule has 0 saturated carbocycles. The maximum atomic E-state index is 12.4. The van der Waals surface area contributed by atoms with Gasteiger partial charge in [-0.3, -0.25) is 4.79 Å². The van der Waals surface area contributed by atoms with Gasteiger partial charge in [0, 0.05) is 10.1 Å². The molecular weight excluding hydrogens is 452 g/mol. The number of hydrogen-bond donors (Lipinski definition) is 1. The molecule has 140 valence electrons. The summed E-state index contributed by atoms with van der Waals surface area (Å²) < 4.78 is 6.10. The second-order valence-electron chi connectivity index (χ2n) is 5.52. The summed E-state index contributed by atoms with van der Waals surface area (Å²) in [4.78, 5) is 25.0. The molecule has 0 aliphatic carbocycles. The summed E-state index contributed by atoms with van der Waals surface area (Å²) in [5.74, 6) is -1.25. The van der Waals surface area contributed by atoms with Gasteiger partial charge in [-0.15, -0.1) is 11.3 Å². The average molecular weight is 463 g/mol. The standard InChI is InChI=1S/C18H11Cl4NO3S/c1-8(17(24)23-13-7-11(20)10(19)6-12(13)21)26-18(25)16-15(22)9-4-2-3-5-14(9)27-16/h2-8H,1H3,(H,23,24)/t8-/m0/s1. The number of carbonyl (C=O) groups is 2. The zero-order valence-corrected chi connectivity index (χ0v) is 17.5. The molecule has 1 N–H and O–H groups in total. The predicted octanol–water partition coefficient (Wildman–Crippen LogP) is 6.70. The summed E-state index contributed by atoms with van der Waals surface area (Å²) in [6.07, 6.45) is -1.08. The molecule has 0 spiro atoms. The monoisotopic (exact) mass is 461 g/mol. The molecule has 0 saturated heterocycles. The van der Waals surface area contributed by atoms with Crippen LogP contribution in [-0.4, -0.2) is 18.0 Å². The number of amides is 1. The van der Waals surface area contributed by atoms with Crippen molar-refractivity contribution in [1.82, 2.24) is 0 Å². The van der Waals surface area contributed by atoms with Crippen LogP contribution >= 0.6 is 57.7 Å². The molecule has 0 fully saturated rings. The molecule has 0 radical (unpaired) electrons. The van der Waals surface area contributed by atoms with Crippen molar-refractivity contribution in [3.8, 4) is 0 Å². The fourth-order valence-electron chi connectivity index (χ4n) is 2.27. The first-order valence-electron chi connectivity index (χ1n) is 7.61. The Morgan fingerprint density at radius 1 is 1.04 bits per heavy atom. The summed E-state index contributed by atoms with van der Waals surface area (Å²) in [6, 6.07) is 10.2. The van der Waals surface area contributed by atoms with Gasteiger partial charge in [0.2, 0.25) is 0 Å². The highest BCUT2D eigenvalue weighted by atomic mass is 35.5. The van der Waals surface area contributed by atoms with Gasteiger partial charge in [0.1, 0.15) is 4.88 Å². The van der Waals surface area contributed by atoms with Gasteiger partial charge >= 0.3 is 5.97 Å². The highest BCUT2D eigenvalue weighted by Crippen LogP contribution is 2.36. The molecular formula is C18H11Cl4NO3S. The van der Waals surface area contributed by atoms with Crippen molar-refractivity contribution in [2.24, 2.45) is 0 Å². The Kier molecular flexibility index (Phi) is 6.18. The zero-order chi connectivity index (χ0) is 19.7. The smallest absolute Gasteiger partial charge is 0.350 e. The van der Waals surface area contributed by atoms with Crippen LogP contribution in [0.4, 0.5) is 5.69 Å². The fourth-order valence-corrected chi connectivity index (χ4v) is 4.25. The minimum absolute atomic E-state index is 0.212. The number of nitrogens with one attached hydrogen (secondary N) is 1. The van der Waals surface area contributed by atoms with E-state index in [4.69, 9.17) is 51.1 Å². The molecule has 1 aromatic heterocycles. The first kappa shape index (κ1) is 20.2. The van der Waals surface area contributed by atoms with E-state index in [0.717, 1.165) is 10.1 Å². The molecule has 0 aliphatic heterocycles. The highest BCUT2D eigenvalue weighted by Gasteiger charge is 2.24. The average Bonchev–Trinajstić information content (AvgIpc) is 2.97. The number of hydrogen-bond acceptors (Lipinski definition) is 4. The molecule has 9 heteroatoms. The van der Waals surface area contributed by atoms with Crippen molar-refractivity contribution in [1.29, 1.82) is 0 Å². The third kappa shape index (κ3) is 4.33. The number of thiophene rings is 1. The van der Waals surface area contributed by atoms with Crippen molar-refractivity contribution in [2.75, 3.05) is 5.32 Å². The number of benzene rings is 2. The van der Waals surface area contributed by atoms with Crippen LogP contribution in [0.1, 0.15) is 16.6 Å². The summed E-state index contributed by atoms with van der Waals surface area (Å²) in [6.45, 7) is 1.44. The third-order valence-electron chi connectivity index (χ3n) is 3.64. The molecule has 1 amide bonds. The minimum atomic E-state index is -1.08. The van der Waals surface area contributed by atoms with Gasteiger partial charge in [0.15, 0.2) is 6.10 Å². The SMILES string of the molecule is C[C@H](OC(=O)c1sc2ccccc2c1Cl)C(=O)Nc1cc(Cl)c(Cl)cc1Cl. The Morgan fingerprint density at radius 3 is 2.41 bits per heavy atom. The summed E-state index contributed by atoms with van der Waals surface area (Å²) in [7, 11) is 0. The lowest BCUT2D eigenvalue weighted by Gasteiger charge is -2.14. The van der Waals surface area contributed by atoms with Gasteiger partial charge in [-0.05, 0) is 25.1 Å². The minimum Gasteiger partial charge on any atom is -0.448 e. The lowest BCUT2D eigenvalue weighted by atomic mass is 10.2. The number of rotatable bonds is 4.